The molecule has 0 aromatic rings. The Hall–Kier alpha value is 0.0500. The molecule has 1 N–H and O–H groups in total. The Bertz CT molecular complexity index is 101. The predicted octanol–water partition coefficient (Wildman–Crippen LogP) is 1.27. The molecule has 0 atom stereocenters. The maximum atomic E-state index is 3.30. The molecule has 0 radical (unpaired) electrons. The predicted molar refractivity (Wildman–Crippen MR) is 44.0 cm³/mol. The van der Waals surface area contributed by atoms with Gasteiger partial charge in [0.2, 0.25) is 0 Å². The zero-order valence-electron chi connectivity index (χ0n) is 5.81. The molecule has 1 heterocycles. The van der Waals surface area contributed by atoms with Gasteiger partial charge in [0.15, 0.2) is 0 Å². The van der Waals surface area contributed by atoms with Crippen molar-refractivity contribution in [3.8, 4) is 0 Å². The van der Waals surface area contributed by atoms with Crippen molar-refractivity contribution < 1.29 is 0 Å². The van der Waals surface area contributed by atoms with Gasteiger partial charge in [-0.1, -0.05) is 11.6 Å². The molecule has 0 spiro atoms. The molecule has 1 aliphatic heterocycles. The molecule has 0 aromatic carbocycles. The smallest absolute Gasteiger partial charge is 0.0165 e. The maximum absolute atomic E-state index is 3.30. The normalized spacial score (nSPS) is 23.4. The number of hydrogen-bond acceptors (Lipinski definition) is 2. The van der Waals surface area contributed by atoms with Gasteiger partial charge in [0.1, 0.15) is 0 Å². The highest BCUT2D eigenvalue weighted by Crippen LogP contribution is 2.06. The molecule has 1 rings (SSSR count). The Morgan fingerprint density at radius 2 is 2.67 bits per heavy atom. The summed E-state index contributed by atoms with van der Waals surface area (Å²) in [5.41, 5.74) is 1.59. The van der Waals surface area contributed by atoms with Crippen molar-refractivity contribution >= 4 is 11.8 Å². The van der Waals surface area contributed by atoms with Gasteiger partial charge in [-0.15, -0.1) is 0 Å². The monoisotopic (exact) mass is 143 g/mol. The summed E-state index contributed by atoms with van der Waals surface area (Å²) in [5, 5.41) is 3.30. The lowest BCUT2D eigenvalue weighted by molar-refractivity contribution is 0.862. The van der Waals surface area contributed by atoms with Crippen molar-refractivity contribution in [2.45, 2.75) is 6.42 Å². The van der Waals surface area contributed by atoms with E-state index >= 15 is 0 Å². The van der Waals surface area contributed by atoms with Gasteiger partial charge in [-0.05, 0) is 19.2 Å². The fourth-order valence-corrected chi connectivity index (χ4v) is 1.36. The lowest BCUT2D eigenvalue weighted by Gasteiger charge is -1.91. The molecule has 52 valence electrons. The highest BCUT2D eigenvalue weighted by Gasteiger charge is 2.02. The summed E-state index contributed by atoms with van der Waals surface area (Å²) in [5.74, 6) is 1.18. The Labute approximate surface area is 60.9 Å². The first-order chi connectivity index (χ1) is 4.43. The van der Waals surface area contributed by atoms with Gasteiger partial charge in [-0.2, -0.15) is 11.8 Å². The van der Waals surface area contributed by atoms with E-state index in [1.54, 1.807) is 5.57 Å². The van der Waals surface area contributed by atoms with E-state index in [2.05, 4.69) is 17.6 Å². The molecular formula is C7H13NS. The van der Waals surface area contributed by atoms with Crippen LogP contribution in [0.25, 0.3) is 0 Å². The molecule has 1 nitrogen and oxygen atoms in total. The van der Waals surface area contributed by atoms with E-state index in [4.69, 9.17) is 0 Å². The summed E-state index contributed by atoms with van der Waals surface area (Å²) in [6.45, 7) is 2.31. The Balaban J connectivity index is 2.22. The third-order valence-corrected chi connectivity index (χ3v) is 2.01. The minimum Gasteiger partial charge on any atom is -0.313 e. The van der Waals surface area contributed by atoms with Gasteiger partial charge in [-0.25, -0.2) is 0 Å². The van der Waals surface area contributed by atoms with E-state index in [1.165, 1.54) is 18.7 Å². The fourth-order valence-electron chi connectivity index (χ4n) is 0.962. The quantitative estimate of drug-likeness (QED) is 0.584. The summed E-state index contributed by atoms with van der Waals surface area (Å²) in [4.78, 5) is 0. The molecule has 1 fully saturated rings. The molecule has 1 aliphatic rings. The number of hydrogen-bond donors (Lipinski definition) is 1. The first kappa shape index (κ1) is 7.16. The Kier molecular flexibility index (Phi) is 3.15. The van der Waals surface area contributed by atoms with Crippen molar-refractivity contribution in [1.82, 2.24) is 5.32 Å². The largest absolute Gasteiger partial charge is 0.313 e. The summed E-state index contributed by atoms with van der Waals surface area (Å²) in [6, 6.07) is 0. The minimum atomic E-state index is 1.13. The standard InChI is InChI=1S/C7H13NS/c1-9-5-3-7-2-4-8-6-7/h3,8H,2,4-6H2,1H3/b7-3+. The molecule has 0 aromatic heterocycles. The summed E-state index contributed by atoms with van der Waals surface area (Å²) < 4.78 is 0. The Morgan fingerprint density at radius 3 is 3.22 bits per heavy atom. The summed E-state index contributed by atoms with van der Waals surface area (Å²) in [7, 11) is 0. The summed E-state index contributed by atoms with van der Waals surface area (Å²) >= 11 is 1.88. The number of rotatable bonds is 2. The highest BCUT2D eigenvalue weighted by molar-refractivity contribution is 7.98. The second-order valence-corrected chi connectivity index (χ2v) is 3.16. The van der Waals surface area contributed by atoms with Crippen LogP contribution in [-0.4, -0.2) is 25.1 Å². The van der Waals surface area contributed by atoms with Crippen LogP contribution in [0, 0.1) is 0 Å². The maximum Gasteiger partial charge on any atom is 0.0165 e. The highest BCUT2D eigenvalue weighted by atomic mass is 32.2. The third-order valence-electron chi connectivity index (χ3n) is 1.51. The SMILES string of the molecule is CSC/C=C1\CCNC1. The number of nitrogens with one attached hydrogen (secondary N) is 1. The first-order valence-corrected chi connectivity index (χ1v) is 4.70. The molecule has 0 aliphatic carbocycles. The van der Waals surface area contributed by atoms with Crippen LogP contribution in [0.3, 0.4) is 0 Å². The van der Waals surface area contributed by atoms with E-state index in [1.807, 2.05) is 11.8 Å². The van der Waals surface area contributed by atoms with E-state index < -0.39 is 0 Å². The molecule has 0 bridgehead atoms. The van der Waals surface area contributed by atoms with Gasteiger partial charge in [0.05, 0.1) is 0 Å². The topological polar surface area (TPSA) is 12.0 Å². The van der Waals surface area contributed by atoms with Gasteiger partial charge in [0, 0.05) is 12.3 Å². The van der Waals surface area contributed by atoms with Crippen molar-refractivity contribution in [3.05, 3.63) is 11.6 Å². The molecule has 2 heteroatoms. The van der Waals surface area contributed by atoms with Crippen molar-refractivity contribution in [3.63, 3.8) is 0 Å². The molecule has 9 heavy (non-hydrogen) atoms. The van der Waals surface area contributed by atoms with E-state index in [0.29, 0.717) is 0 Å². The zero-order valence-corrected chi connectivity index (χ0v) is 6.63. The van der Waals surface area contributed by atoms with Crippen LogP contribution in [0.4, 0.5) is 0 Å². The molecule has 0 saturated carbocycles. The third kappa shape index (κ3) is 2.41. The van der Waals surface area contributed by atoms with Crippen LogP contribution in [0.15, 0.2) is 11.6 Å². The van der Waals surface area contributed by atoms with Gasteiger partial charge >= 0.3 is 0 Å². The zero-order chi connectivity index (χ0) is 6.53. The molecular weight excluding hydrogens is 130 g/mol. The van der Waals surface area contributed by atoms with Gasteiger partial charge < -0.3 is 5.32 Å². The molecule has 1 saturated heterocycles. The van der Waals surface area contributed by atoms with E-state index in [0.717, 1.165) is 6.54 Å². The summed E-state index contributed by atoms with van der Waals surface area (Å²) in [6.07, 6.45) is 5.74. The van der Waals surface area contributed by atoms with Crippen LogP contribution < -0.4 is 5.32 Å². The second-order valence-electron chi connectivity index (χ2n) is 2.24. The average molecular weight is 143 g/mol. The second kappa shape index (κ2) is 3.96. The van der Waals surface area contributed by atoms with E-state index in [9.17, 15) is 0 Å². The van der Waals surface area contributed by atoms with Crippen LogP contribution in [0.1, 0.15) is 6.42 Å². The Morgan fingerprint density at radius 1 is 1.78 bits per heavy atom. The van der Waals surface area contributed by atoms with Crippen molar-refractivity contribution in [2.75, 3.05) is 25.1 Å². The number of thioether (sulfide) groups is 1. The van der Waals surface area contributed by atoms with Crippen LogP contribution in [0.2, 0.25) is 0 Å². The minimum absolute atomic E-state index is 1.13. The fraction of sp³-hybridized carbons (Fsp3) is 0.714. The average Bonchev–Trinajstić information content (AvgIpc) is 2.34. The molecule has 0 unspecified atom stereocenters. The van der Waals surface area contributed by atoms with Gasteiger partial charge in [-0.3, -0.25) is 0 Å². The lowest BCUT2D eigenvalue weighted by atomic mass is 10.2. The van der Waals surface area contributed by atoms with Crippen molar-refractivity contribution in [2.24, 2.45) is 0 Å². The first-order valence-electron chi connectivity index (χ1n) is 3.31. The van der Waals surface area contributed by atoms with Gasteiger partial charge in [0.25, 0.3) is 0 Å². The lowest BCUT2D eigenvalue weighted by Crippen LogP contribution is -2.04. The van der Waals surface area contributed by atoms with Crippen LogP contribution in [0.5, 0.6) is 0 Å². The van der Waals surface area contributed by atoms with Crippen LogP contribution >= 0.6 is 11.8 Å². The van der Waals surface area contributed by atoms with Crippen LogP contribution in [-0.2, 0) is 0 Å². The van der Waals surface area contributed by atoms with E-state index in [-0.39, 0.29) is 0 Å². The van der Waals surface area contributed by atoms with Crippen molar-refractivity contribution in [1.29, 1.82) is 0 Å². The molecule has 0 amide bonds.